The summed E-state index contributed by atoms with van der Waals surface area (Å²) in [6.07, 6.45) is 0. The number of carbonyl (C=O) groups is 1. The van der Waals surface area contributed by atoms with Gasteiger partial charge in [0.1, 0.15) is 0 Å². The predicted octanol–water partition coefficient (Wildman–Crippen LogP) is 4.36. The molecule has 1 heterocycles. The molecule has 0 fully saturated rings. The molecular formula is C25H23N3O5. The Kier molecular flexibility index (Phi) is 6.54. The topological polar surface area (TPSA) is 95.7 Å². The fourth-order valence-electron chi connectivity index (χ4n) is 3.40. The van der Waals surface area contributed by atoms with Crippen LogP contribution in [-0.2, 0) is 6.54 Å². The second-order valence-electron chi connectivity index (χ2n) is 7.05. The number of carbonyl (C=O) groups excluding carboxylic acids is 1. The molecule has 1 amide bonds. The van der Waals surface area contributed by atoms with Gasteiger partial charge in [-0.25, -0.2) is 0 Å². The van der Waals surface area contributed by atoms with E-state index in [0.29, 0.717) is 46.3 Å². The van der Waals surface area contributed by atoms with E-state index in [4.69, 9.17) is 18.7 Å². The standard InChI is InChI=1S/C25H23N3O5/c1-30-20-13-17(14-21(31-2)22(20)32-3)23-27-25(33-28-23)19-12-8-7-11-18(19)24(29)26-15-16-9-5-4-6-10-16/h4-14H,15H2,1-3H3,(H,26,29). The molecule has 33 heavy (non-hydrogen) atoms. The number of aromatic nitrogens is 2. The van der Waals surface area contributed by atoms with Crippen LogP contribution in [0.5, 0.6) is 17.2 Å². The number of rotatable bonds is 8. The number of benzene rings is 3. The van der Waals surface area contributed by atoms with Gasteiger partial charge in [-0.05, 0) is 29.8 Å². The first-order valence-electron chi connectivity index (χ1n) is 10.2. The minimum Gasteiger partial charge on any atom is -0.493 e. The van der Waals surface area contributed by atoms with E-state index in [9.17, 15) is 4.79 Å². The molecule has 0 unspecified atom stereocenters. The number of nitrogens with one attached hydrogen (secondary N) is 1. The molecule has 0 aliphatic rings. The van der Waals surface area contributed by atoms with Gasteiger partial charge in [0.2, 0.25) is 11.6 Å². The van der Waals surface area contributed by atoms with Gasteiger partial charge in [0.15, 0.2) is 11.5 Å². The maximum absolute atomic E-state index is 12.9. The summed E-state index contributed by atoms with van der Waals surface area (Å²) in [5.74, 6) is 1.72. The Balaban J connectivity index is 1.63. The van der Waals surface area contributed by atoms with Crippen LogP contribution in [0, 0.1) is 0 Å². The molecule has 4 rings (SSSR count). The minimum atomic E-state index is -0.234. The van der Waals surface area contributed by atoms with E-state index in [0.717, 1.165) is 5.56 Å². The number of methoxy groups -OCH3 is 3. The number of hydrogen-bond acceptors (Lipinski definition) is 7. The fourth-order valence-corrected chi connectivity index (χ4v) is 3.40. The van der Waals surface area contributed by atoms with Gasteiger partial charge >= 0.3 is 0 Å². The summed E-state index contributed by atoms with van der Waals surface area (Å²) in [6.45, 7) is 0.411. The number of nitrogens with zero attached hydrogens (tertiary/aromatic N) is 2. The normalized spacial score (nSPS) is 10.5. The van der Waals surface area contributed by atoms with Gasteiger partial charge < -0.3 is 24.1 Å². The van der Waals surface area contributed by atoms with Crippen LogP contribution in [0.15, 0.2) is 71.3 Å². The average Bonchev–Trinajstić information content (AvgIpc) is 3.37. The van der Waals surface area contributed by atoms with Crippen LogP contribution in [0.4, 0.5) is 0 Å². The van der Waals surface area contributed by atoms with Crippen LogP contribution in [0.2, 0.25) is 0 Å². The van der Waals surface area contributed by atoms with Gasteiger partial charge in [0, 0.05) is 12.1 Å². The summed E-state index contributed by atoms with van der Waals surface area (Å²) < 4.78 is 21.7. The highest BCUT2D eigenvalue weighted by Crippen LogP contribution is 2.40. The highest BCUT2D eigenvalue weighted by atomic mass is 16.5. The minimum absolute atomic E-state index is 0.226. The second-order valence-corrected chi connectivity index (χ2v) is 7.05. The number of amides is 1. The van der Waals surface area contributed by atoms with Crippen LogP contribution in [-0.4, -0.2) is 37.4 Å². The lowest BCUT2D eigenvalue weighted by Gasteiger charge is -2.12. The molecule has 3 aromatic carbocycles. The van der Waals surface area contributed by atoms with Gasteiger partial charge in [-0.1, -0.05) is 47.6 Å². The first kappa shape index (κ1) is 21.9. The molecule has 0 bridgehead atoms. The summed E-state index contributed by atoms with van der Waals surface area (Å²) in [7, 11) is 4.60. The Morgan fingerprint density at radius 2 is 1.58 bits per heavy atom. The third-order valence-corrected chi connectivity index (χ3v) is 5.05. The molecule has 4 aromatic rings. The van der Waals surface area contributed by atoms with Crippen molar-refractivity contribution in [3.05, 3.63) is 77.9 Å². The molecule has 0 atom stereocenters. The Labute approximate surface area is 191 Å². The van der Waals surface area contributed by atoms with E-state index in [-0.39, 0.29) is 11.8 Å². The zero-order chi connectivity index (χ0) is 23.2. The van der Waals surface area contributed by atoms with E-state index < -0.39 is 0 Å². The van der Waals surface area contributed by atoms with Gasteiger partial charge in [-0.2, -0.15) is 4.98 Å². The molecule has 0 radical (unpaired) electrons. The van der Waals surface area contributed by atoms with E-state index in [1.807, 2.05) is 36.4 Å². The second kappa shape index (κ2) is 9.86. The van der Waals surface area contributed by atoms with Crippen LogP contribution < -0.4 is 19.5 Å². The van der Waals surface area contributed by atoms with Crippen molar-refractivity contribution in [2.45, 2.75) is 6.54 Å². The molecule has 0 aliphatic carbocycles. The van der Waals surface area contributed by atoms with Crippen molar-refractivity contribution < 1.29 is 23.5 Å². The largest absolute Gasteiger partial charge is 0.493 e. The molecule has 1 N–H and O–H groups in total. The van der Waals surface area contributed by atoms with Crippen molar-refractivity contribution in [1.82, 2.24) is 15.5 Å². The molecule has 0 aliphatic heterocycles. The molecule has 0 saturated heterocycles. The molecule has 8 heteroatoms. The first-order chi connectivity index (χ1) is 16.1. The van der Waals surface area contributed by atoms with Gasteiger partial charge in [-0.15, -0.1) is 0 Å². The lowest BCUT2D eigenvalue weighted by molar-refractivity contribution is 0.0951. The van der Waals surface area contributed by atoms with Crippen molar-refractivity contribution in [3.63, 3.8) is 0 Å². The predicted molar refractivity (Wildman–Crippen MR) is 122 cm³/mol. The summed E-state index contributed by atoms with van der Waals surface area (Å²) in [5.41, 5.74) is 2.60. The van der Waals surface area contributed by atoms with Crippen LogP contribution in [0.1, 0.15) is 15.9 Å². The number of hydrogen-bond donors (Lipinski definition) is 1. The van der Waals surface area contributed by atoms with Crippen molar-refractivity contribution >= 4 is 5.91 Å². The third-order valence-electron chi connectivity index (χ3n) is 5.05. The molecule has 0 saturated carbocycles. The molecule has 0 spiro atoms. The highest BCUT2D eigenvalue weighted by molar-refractivity contribution is 6.00. The maximum atomic E-state index is 12.9. The smallest absolute Gasteiger partial charge is 0.259 e. The summed E-state index contributed by atoms with van der Waals surface area (Å²) >= 11 is 0. The third kappa shape index (κ3) is 4.64. The lowest BCUT2D eigenvalue weighted by atomic mass is 10.1. The quantitative estimate of drug-likeness (QED) is 0.430. The average molecular weight is 445 g/mol. The maximum Gasteiger partial charge on any atom is 0.259 e. The van der Waals surface area contributed by atoms with E-state index in [1.165, 1.54) is 21.3 Å². The van der Waals surface area contributed by atoms with E-state index >= 15 is 0 Å². The monoisotopic (exact) mass is 445 g/mol. The Bertz CT molecular complexity index is 1230. The van der Waals surface area contributed by atoms with Crippen LogP contribution in [0.25, 0.3) is 22.8 Å². The molecule has 8 nitrogen and oxygen atoms in total. The number of ether oxygens (including phenoxy) is 3. The van der Waals surface area contributed by atoms with Gasteiger partial charge in [0.05, 0.1) is 32.5 Å². The Morgan fingerprint density at radius 1 is 0.909 bits per heavy atom. The van der Waals surface area contributed by atoms with E-state index in [1.54, 1.807) is 30.3 Å². The van der Waals surface area contributed by atoms with Crippen molar-refractivity contribution in [1.29, 1.82) is 0 Å². The molecular weight excluding hydrogens is 422 g/mol. The van der Waals surface area contributed by atoms with E-state index in [2.05, 4.69) is 15.5 Å². The van der Waals surface area contributed by atoms with Gasteiger partial charge in [-0.3, -0.25) is 4.79 Å². The summed E-state index contributed by atoms with van der Waals surface area (Å²) in [5, 5.41) is 7.02. The van der Waals surface area contributed by atoms with Gasteiger partial charge in [0.25, 0.3) is 11.8 Å². The SMILES string of the molecule is COc1cc(-c2noc(-c3ccccc3C(=O)NCc3ccccc3)n2)cc(OC)c1OC. The van der Waals surface area contributed by atoms with Crippen molar-refractivity contribution in [2.75, 3.05) is 21.3 Å². The van der Waals surface area contributed by atoms with Crippen molar-refractivity contribution in [3.8, 4) is 40.1 Å². The Morgan fingerprint density at radius 3 is 2.24 bits per heavy atom. The highest BCUT2D eigenvalue weighted by Gasteiger charge is 2.20. The lowest BCUT2D eigenvalue weighted by Crippen LogP contribution is -2.23. The van der Waals surface area contributed by atoms with Crippen molar-refractivity contribution in [2.24, 2.45) is 0 Å². The molecule has 168 valence electrons. The zero-order valence-electron chi connectivity index (χ0n) is 18.5. The summed E-state index contributed by atoms with van der Waals surface area (Å²) in [4.78, 5) is 17.4. The summed E-state index contributed by atoms with van der Waals surface area (Å²) in [6, 6.07) is 20.2. The van der Waals surface area contributed by atoms with Crippen LogP contribution in [0.3, 0.4) is 0 Å². The first-order valence-corrected chi connectivity index (χ1v) is 10.2. The molecule has 1 aromatic heterocycles. The zero-order valence-corrected chi connectivity index (χ0v) is 18.5. The fraction of sp³-hybridized carbons (Fsp3) is 0.160. The van der Waals surface area contributed by atoms with Crippen LogP contribution >= 0.6 is 0 Å². The Hall–Kier alpha value is -4.33.